The highest BCUT2D eigenvalue weighted by Gasteiger charge is 2.30. The van der Waals surface area contributed by atoms with E-state index in [4.69, 9.17) is 16.6 Å². The van der Waals surface area contributed by atoms with E-state index < -0.39 is 48.4 Å². The molecule has 8 N–H and O–H groups in total. The van der Waals surface area contributed by atoms with Gasteiger partial charge in [0.15, 0.2) is 0 Å². The number of hydrogen-bond donors (Lipinski definition) is 6. The third kappa shape index (κ3) is 11.4. The molecule has 0 heterocycles. The number of nitrogens with one attached hydrogen (secondary N) is 3. The van der Waals surface area contributed by atoms with Gasteiger partial charge in [0.1, 0.15) is 18.6 Å². The maximum atomic E-state index is 12.8. The van der Waals surface area contributed by atoms with E-state index in [0.717, 1.165) is 6.42 Å². The van der Waals surface area contributed by atoms with Crippen molar-refractivity contribution in [2.24, 2.45) is 23.3 Å². The normalized spacial score (nSPS) is 14.2. The summed E-state index contributed by atoms with van der Waals surface area (Å²) in [5.41, 5.74) is 11.3. The Kier molecular flexibility index (Phi) is 12.8. The quantitative estimate of drug-likeness (QED) is 0.203. The van der Waals surface area contributed by atoms with E-state index in [2.05, 4.69) is 16.0 Å². The molecule has 10 nitrogen and oxygen atoms in total. The molecule has 0 aliphatic heterocycles. The largest absolute Gasteiger partial charge is 0.480 e. The van der Waals surface area contributed by atoms with Crippen LogP contribution < -0.4 is 27.4 Å². The van der Waals surface area contributed by atoms with Gasteiger partial charge >= 0.3 is 5.97 Å². The van der Waals surface area contributed by atoms with Gasteiger partial charge < -0.3 is 32.5 Å². The maximum absolute atomic E-state index is 12.8. The van der Waals surface area contributed by atoms with Crippen LogP contribution in [0.5, 0.6) is 0 Å². The molecule has 29 heavy (non-hydrogen) atoms. The molecule has 0 saturated heterocycles. The van der Waals surface area contributed by atoms with Crippen molar-refractivity contribution < 1.29 is 24.3 Å². The minimum absolute atomic E-state index is 0.0823. The number of carboxylic acid groups (broad SMARTS) is 1. The van der Waals surface area contributed by atoms with Gasteiger partial charge in [0.2, 0.25) is 17.7 Å². The molecule has 0 radical (unpaired) electrons. The van der Waals surface area contributed by atoms with Crippen molar-refractivity contribution in [3.8, 4) is 0 Å². The van der Waals surface area contributed by atoms with Gasteiger partial charge in [0.25, 0.3) is 0 Å². The molecule has 0 aromatic heterocycles. The van der Waals surface area contributed by atoms with Gasteiger partial charge in [0.05, 0.1) is 6.04 Å². The zero-order chi connectivity index (χ0) is 22.6. The Morgan fingerprint density at radius 1 is 0.931 bits per heavy atom. The molecule has 10 heteroatoms. The summed E-state index contributed by atoms with van der Waals surface area (Å²) in [5, 5.41) is 16.3. The summed E-state index contributed by atoms with van der Waals surface area (Å²) in [6, 6.07) is -2.52. The van der Waals surface area contributed by atoms with Gasteiger partial charge in [-0.15, -0.1) is 0 Å². The fourth-order valence-electron chi connectivity index (χ4n) is 2.69. The van der Waals surface area contributed by atoms with Crippen molar-refractivity contribution in [1.29, 1.82) is 0 Å². The Bertz CT molecular complexity index is 553. The number of carboxylic acids is 1. The third-order valence-electron chi connectivity index (χ3n) is 4.31. The molecule has 0 aliphatic carbocycles. The second-order valence-corrected chi connectivity index (χ2v) is 7.92. The lowest BCUT2D eigenvalue weighted by atomic mass is 9.99. The van der Waals surface area contributed by atoms with Crippen LogP contribution >= 0.6 is 0 Å². The van der Waals surface area contributed by atoms with Gasteiger partial charge in [-0.3, -0.25) is 19.2 Å². The zero-order valence-electron chi connectivity index (χ0n) is 17.9. The van der Waals surface area contributed by atoms with Crippen molar-refractivity contribution in [1.82, 2.24) is 16.0 Å². The van der Waals surface area contributed by atoms with E-state index in [0.29, 0.717) is 25.8 Å². The first-order valence-corrected chi connectivity index (χ1v) is 10.0. The number of amides is 3. The molecule has 0 spiro atoms. The second kappa shape index (κ2) is 13.9. The van der Waals surface area contributed by atoms with Crippen LogP contribution in [0.3, 0.4) is 0 Å². The maximum Gasteiger partial charge on any atom is 0.322 e. The summed E-state index contributed by atoms with van der Waals surface area (Å²) in [4.78, 5) is 48.1. The minimum Gasteiger partial charge on any atom is -0.480 e. The first kappa shape index (κ1) is 26.8. The Balaban J connectivity index is 5.06. The van der Waals surface area contributed by atoms with Crippen LogP contribution in [0.25, 0.3) is 0 Å². The van der Waals surface area contributed by atoms with Crippen LogP contribution in [0.2, 0.25) is 0 Å². The fraction of sp³-hybridized carbons (Fsp3) is 0.789. The molecule has 0 aromatic rings. The Labute approximate surface area is 172 Å². The fourth-order valence-corrected chi connectivity index (χ4v) is 2.69. The molecule has 3 amide bonds. The zero-order valence-corrected chi connectivity index (χ0v) is 17.9. The molecule has 0 fully saturated rings. The van der Waals surface area contributed by atoms with Crippen LogP contribution in [0.15, 0.2) is 0 Å². The SMILES string of the molecule is CC(C)CC(NC(=O)C(NC(=O)C(N)CCCCN)C(C)C)C(=O)NCC(=O)O. The number of aliphatic carboxylic acids is 1. The summed E-state index contributed by atoms with van der Waals surface area (Å²) in [5.74, 6) is -2.87. The third-order valence-corrected chi connectivity index (χ3v) is 4.31. The molecular formula is C19H37N5O5. The average molecular weight is 416 g/mol. The molecule has 0 saturated carbocycles. The molecule has 168 valence electrons. The average Bonchev–Trinajstić information content (AvgIpc) is 2.62. The highest BCUT2D eigenvalue weighted by atomic mass is 16.4. The molecule has 3 atom stereocenters. The van der Waals surface area contributed by atoms with E-state index in [1.54, 1.807) is 13.8 Å². The van der Waals surface area contributed by atoms with Crippen molar-refractivity contribution >= 4 is 23.7 Å². The van der Waals surface area contributed by atoms with Gasteiger partial charge in [-0.05, 0) is 37.6 Å². The first-order valence-electron chi connectivity index (χ1n) is 10.0. The lowest BCUT2D eigenvalue weighted by Crippen LogP contribution is -2.57. The van der Waals surface area contributed by atoms with E-state index in [-0.39, 0.29) is 11.8 Å². The summed E-state index contributed by atoms with van der Waals surface area (Å²) in [7, 11) is 0. The van der Waals surface area contributed by atoms with Gasteiger partial charge in [-0.1, -0.05) is 34.1 Å². The molecule has 3 unspecified atom stereocenters. The molecule has 0 aromatic carbocycles. The Morgan fingerprint density at radius 2 is 1.55 bits per heavy atom. The van der Waals surface area contributed by atoms with Crippen molar-refractivity contribution in [3.63, 3.8) is 0 Å². The van der Waals surface area contributed by atoms with E-state index in [1.165, 1.54) is 0 Å². The second-order valence-electron chi connectivity index (χ2n) is 7.92. The van der Waals surface area contributed by atoms with Crippen molar-refractivity contribution in [2.45, 2.75) is 71.5 Å². The van der Waals surface area contributed by atoms with E-state index in [9.17, 15) is 19.2 Å². The highest BCUT2D eigenvalue weighted by molar-refractivity contribution is 5.93. The molecule has 0 aliphatic rings. The number of carbonyl (C=O) groups is 4. The number of rotatable bonds is 14. The summed E-state index contributed by atoms with van der Waals surface area (Å²) in [6.07, 6.45) is 2.26. The lowest BCUT2D eigenvalue weighted by Gasteiger charge is -2.27. The first-order chi connectivity index (χ1) is 13.5. The van der Waals surface area contributed by atoms with Crippen LogP contribution in [-0.2, 0) is 19.2 Å². The lowest BCUT2D eigenvalue weighted by molar-refractivity contribution is -0.138. The molecule has 0 bridgehead atoms. The topological polar surface area (TPSA) is 177 Å². The van der Waals surface area contributed by atoms with E-state index >= 15 is 0 Å². The van der Waals surface area contributed by atoms with Gasteiger partial charge in [0, 0.05) is 0 Å². The number of hydrogen-bond acceptors (Lipinski definition) is 6. The Hall–Kier alpha value is -2.20. The monoisotopic (exact) mass is 415 g/mol. The van der Waals surface area contributed by atoms with Crippen LogP contribution in [-0.4, -0.2) is 60.0 Å². The minimum atomic E-state index is -1.18. The van der Waals surface area contributed by atoms with Crippen LogP contribution in [0.1, 0.15) is 53.4 Å². The highest BCUT2D eigenvalue weighted by Crippen LogP contribution is 2.09. The molecular weight excluding hydrogens is 378 g/mol. The Morgan fingerprint density at radius 3 is 2.03 bits per heavy atom. The predicted octanol–water partition coefficient (Wildman–Crippen LogP) is -0.685. The summed E-state index contributed by atoms with van der Waals surface area (Å²) in [6.45, 7) is 7.29. The summed E-state index contributed by atoms with van der Waals surface area (Å²) >= 11 is 0. The van der Waals surface area contributed by atoms with Crippen molar-refractivity contribution in [2.75, 3.05) is 13.1 Å². The van der Waals surface area contributed by atoms with Gasteiger partial charge in [-0.25, -0.2) is 0 Å². The van der Waals surface area contributed by atoms with Crippen LogP contribution in [0.4, 0.5) is 0 Å². The number of unbranched alkanes of at least 4 members (excludes halogenated alkanes) is 1. The standard InChI is InChI=1S/C19H37N5O5/c1-11(2)9-14(18(28)22-10-15(25)26)23-19(29)16(12(3)4)24-17(27)13(21)7-5-6-8-20/h11-14,16H,5-10,20-21H2,1-4H3,(H,22,28)(H,23,29)(H,24,27)(H,25,26). The van der Waals surface area contributed by atoms with Crippen molar-refractivity contribution in [3.05, 3.63) is 0 Å². The van der Waals surface area contributed by atoms with E-state index in [1.807, 2.05) is 13.8 Å². The number of nitrogens with two attached hydrogens (primary N) is 2. The number of carbonyl (C=O) groups excluding carboxylic acids is 3. The van der Waals surface area contributed by atoms with Crippen LogP contribution in [0, 0.1) is 11.8 Å². The smallest absolute Gasteiger partial charge is 0.322 e. The molecule has 0 rings (SSSR count). The van der Waals surface area contributed by atoms with Gasteiger partial charge in [-0.2, -0.15) is 0 Å². The summed E-state index contributed by atoms with van der Waals surface area (Å²) < 4.78 is 0. The predicted molar refractivity (Wildman–Crippen MR) is 110 cm³/mol.